The zero-order valence-electron chi connectivity index (χ0n) is 8.47. The summed E-state index contributed by atoms with van der Waals surface area (Å²) in [4.78, 5) is 25.9. The molecule has 1 fully saturated rings. The van der Waals surface area contributed by atoms with Crippen LogP contribution in [0.3, 0.4) is 0 Å². The van der Waals surface area contributed by atoms with Crippen LogP contribution in [0.15, 0.2) is 22.8 Å². The predicted octanol–water partition coefficient (Wildman–Crippen LogP) is 0.0802. The number of furan rings is 1. The van der Waals surface area contributed by atoms with Crippen LogP contribution in [0.5, 0.6) is 0 Å². The van der Waals surface area contributed by atoms with E-state index >= 15 is 0 Å². The van der Waals surface area contributed by atoms with Gasteiger partial charge < -0.3 is 14.2 Å². The van der Waals surface area contributed by atoms with Crippen LogP contribution < -0.4 is 0 Å². The first kappa shape index (κ1) is 9.76. The lowest BCUT2D eigenvalue weighted by Gasteiger charge is -2.30. The van der Waals surface area contributed by atoms with Gasteiger partial charge >= 0.3 is 11.8 Å². The number of amides is 2. The van der Waals surface area contributed by atoms with E-state index in [1.165, 1.54) is 9.80 Å². The minimum absolute atomic E-state index is 0.366. The highest BCUT2D eigenvalue weighted by molar-refractivity contribution is 6.35. The quantitative estimate of drug-likeness (QED) is 0.647. The van der Waals surface area contributed by atoms with E-state index in [0.29, 0.717) is 25.4 Å². The lowest BCUT2D eigenvalue weighted by atomic mass is 10.3. The third-order valence-corrected chi connectivity index (χ3v) is 2.45. The van der Waals surface area contributed by atoms with Gasteiger partial charge in [-0.25, -0.2) is 0 Å². The molecule has 0 unspecified atom stereocenters. The molecule has 2 rings (SSSR count). The van der Waals surface area contributed by atoms with Crippen LogP contribution in [0.25, 0.3) is 0 Å². The Kier molecular flexibility index (Phi) is 2.45. The molecule has 0 radical (unpaired) electrons. The average Bonchev–Trinajstić information content (AvgIpc) is 2.72. The van der Waals surface area contributed by atoms with Gasteiger partial charge in [-0.15, -0.1) is 0 Å². The Hall–Kier alpha value is -1.78. The van der Waals surface area contributed by atoms with Crippen molar-refractivity contribution in [3.05, 3.63) is 24.2 Å². The van der Waals surface area contributed by atoms with Crippen molar-refractivity contribution in [3.8, 4) is 0 Å². The Labute approximate surface area is 87.3 Å². The SMILES string of the molecule is CN1CCN(Cc2ccco2)C(=O)C1=O. The second kappa shape index (κ2) is 3.76. The summed E-state index contributed by atoms with van der Waals surface area (Å²) < 4.78 is 5.13. The minimum atomic E-state index is -0.458. The van der Waals surface area contributed by atoms with Gasteiger partial charge in [0.2, 0.25) is 0 Å². The van der Waals surface area contributed by atoms with E-state index in [-0.39, 0.29) is 0 Å². The molecule has 0 atom stereocenters. The number of rotatable bonds is 2. The van der Waals surface area contributed by atoms with E-state index in [2.05, 4.69) is 0 Å². The monoisotopic (exact) mass is 208 g/mol. The molecule has 0 aromatic carbocycles. The molecule has 5 nitrogen and oxygen atoms in total. The van der Waals surface area contributed by atoms with Crippen molar-refractivity contribution in [1.29, 1.82) is 0 Å². The van der Waals surface area contributed by atoms with Gasteiger partial charge in [0, 0.05) is 20.1 Å². The van der Waals surface area contributed by atoms with Gasteiger partial charge in [-0.05, 0) is 12.1 Å². The third kappa shape index (κ3) is 1.86. The lowest BCUT2D eigenvalue weighted by Crippen LogP contribution is -2.52. The van der Waals surface area contributed by atoms with Gasteiger partial charge in [0.1, 0.15) is 5.76 Å². The molecule has 15 heavy (non-hydrogen) atoms. The van der Waals surface area contributed by atoms with Crippen LogP contribution >= 0.6 is 0 Å². The summed E-state index contributed by atoms with van der Waals surface area (Å²) in [7, 11) is 1.63. The van der Waals surface area contributed by atoms with Crippen LogP contribution in [0.1, 0.15) is 5.76 Å². The lowest BCUT2D eigenvalue weighted by molar-refractivity contribution is -0.155. The zero-order valence-corrected chi connectivity index (χ0v) is 8.47. The van der Waals surface area contributed by atoms with Gasteiger partial charge in [-0.3, -0.25) is 9.59 Å². The number of carbonyl (C=O) groups excluding carboxylic acids is 2. The highest BCUT2D eigenvalue weighted by Crippen LogP contribution is 2.09. The van der Waals surface area contributed by atoms with Crippen molar-refractivity contribution in [2.75, 3.05) is 20.1 Å². The molecule has 1 aliphatic heterocycles. The largest absolute Gasteiger partial charge is 0.467 e. The molecule has 1 saturated heterocycles. The molecule has 0 aliphatic carbocycles. The van der Waals surface area contributed by atoms with E-state index in [1.807, 2.05) is 0 Å². The summed E-state index contributed by atoms with van der Waals surface area (Å²) in [5.74, 6) is -0.214. The number of piperazine rings is 1. The first-order valence-electron chi connectivity index (χ1n) is 4.75. The van der Waals surface area contributed by atoms with Crippen molar-refractivity contribution >= 4 is 11.8 Å². The number of likely N-dealkylation sites (N-methyl/N-ethyl adjacent to an activating group) is 1. The molecule has 0 bridgehead atoms. The van der Waals surface area contributed by atoms with E-state index in [1.54, 1.807) is 25.4 Å². The molecule has 2 heterocycles. The molecule has 80 valence electrons. The average molecular weight is 208 g/mol. The Morgan fingerprint density at radius 3 is 2.80 bits per heavy atom. The molecule has 1 aromatic rings. The maximum absolute atomic E-state index is 11.6. The maximum Gasteiger partial charge on any atom is 0.312 e. The van der Waals surface area contributed by atoms with E-state index in [4.69, 9.17) is 4.42 Å². The number of hydrogen-bond donors (Lipinski definition) is 0. The van der Waals surface area contributed by atoms with Crippen LogP contribution in [0.4, 0.5) is 0 Å². The minimum Gasteiger partial charge on any atom is -0.467 e. The summed E-state index contributed by atoms with van der Waals surface area (Å²) in [6, 6.07) is 3.55. The van der Waals surface area contributed by atoms with Gasteiger partial charge in [0.15, 0.2) is 0 Å². The van der Waals surface area contributed by atoms with Gasteiger partial charge in [0.05, 0.1) is 12.8 Å². The van der Waals surface area contributed by atoms with Crippen molar-refractivity contribution in [1.82, 2.24) is 9.80 Å². The van der Waals surface area contributed by atoms with Crippen molar-refractivity contribution in [2.45, 2.75) is 6.54 Å². The number of hydrogen-bond acceptors (Lipinski definition) is 3. The predicted molar refractivity (Wildman–Crippen MR) is 51.8 cm³/mol. The van der Waals surface area contributed by atoms with Crippen molar-refractivity contribution in [3.63, 3.8) is 0 Å². The van der Waals surface area contributed by atoms with E-state index in [9.17, 15) is 9.59 Å². The fourth-order valence-corrected chi connectivity index (χ4v) is 1.51. The molecular weight excluding hydrogens is 196 g/mol. The normalized spacial score (nSPS) is 17.4. The fraction of sp³-hybridized carbons (Fsp3) is 0.400. The topological polar surface area (TPSA) is 53.8 Å². The molecular formula is C10H12N2O3. The van der Waals surface area contributed by atoms with Crippen LogP contribution in [0, 0.1) is 0 Å². The van der Waals surface area contributed by atoms with Crippen molar-refractivity contribution in [2.24, 2.45) is 0 Å². The molecule has 1 aliphatic rings. The van der Waals surface area contributed by atoms with E-state index in [0.717, 1.165) is 0 Å². The first-order valence-corrected chi connectivity index (χ1v) is 4.75. The second-order valence-electron chi connectivity index (χ2n) is 3.53. The highest BCUT2D eigenvalue weighted by atomic mass is 16.3. The Morgan fingerprint density at radius 2 is 2.13 bits per heavy atom. The van der Waals surface area contributed by atoms with E-state index < -0.39 is 11.8 Å². The van der Waals surface area contributed by atoms with Crippen LogP contribution in [-0.4, -0.2) is 41.8 Å². The Balaban J connectivity index is 2.05. The summed E-state index contributed by atoms with van der Waals surface area (Å²) in [5.41, 5.74) is 0. The first-order chi connectivity index (χ1) is 7.18. The number of carbonyl (C=O) groups is 2. The smallest absolute Gasteiger partial charge is 0.312 e. The molecule has 1 aromatic heterocycles. The Bertz CT molecular complexity index is 372. The third-order valence-electron chi connectivity index (χ3n) is 2.45. The maximum atomic E-state index is 11.6. The summed E-state index contributed by atoms with van der Waals surface area (Å²) in [6.07, 6.45) is 1.55. The molecule has 0 N–H and O–H groups in total. The van der Waals surface area contributed by atoms with Gasteiger partial charge in [-0.1, -0.05) is 0 Å². The summed E-state index contributed by atoms with van der Waals surface area (Å²) in [5, 5.41) is 0. The summed E-state index contributed by atoms with van der Waals surface area (Å²) in [6.45, 7) is 1.50. The van der Waals surface area contributed by atoms with Crippen LogP contribution in [0.2, 0.25) is 0 Å². The second-order valence-corrected chi connectivity index (χ2v) is 3.53. The van der Waals surface area contributed by atoms with Gasteiger partial charge in [-0.2, -0.15) is 0 Å². The Morgan fingerprint density at radius 1 is 1.33 bits per heavy atom. The number of nitrogens with zero attached hydrogens (tertiary/aromatic N) is 2. The molecule has 2 amide bonds. The van der Waals surface area contributed by atoms with Crippen LogP contribution in [-0.2, 0) is 16.1 Å². The zero-order chi connectivity index (χ0) is 10.8. The molecule has 5 heteroatoms. The fourth-order valence-electron chi connectivity index (χ4n) is 1.51. The standard InChI is InChI=1S/C10H12N2O3/c1-11-4-5-12(10(14)9(11)13)7-8-3-2-6-15-8/h2-3,6H,4-5,7H2,1H3. The highest BCUT2D eigenvalue weighted by Gasteiger charge is 2.30. The summed E-state index contributed by atoms with van der Waals surface area (Å²) >= 11 is 0. The van der Waals surface area contributed by atoms with Crippen molar-refractivity contribution < 1.29 is 14.0 Å². The molecule has 0 saturated carbocycles. The molecule has 0 spiro atoms. The van der Waals surface area contributed by atoms with Gasteiger partial charge in [0.25, 0.3) is 0 Å².